The van der Waals surface area contributed by atoms with Gasteiger partial charge in [-0.05, 0) is 22.0 Å². The summed E-state index contributed by atoms with van der Waals surface area (Å²) in [7, 11) is 1.76. The van der Waals surface area contributed by atoms with E-state index in [0.29, 0.717) is 4.60 Å². The fourth-order valence-corrected chi connectivity index (χ4v) is 1.35. The predicted octanol–water partition coefficient (Wildman–Crippen LogP) is 0.175. The Balaban J connectivity index is 2.93. The summed E-state index contributed by atoms with van der Waals surface area (Å²) in [5, 5.41) is 13.3. The minimum Gasteiger partial charge on any atom is -0.385 e. The minimum atomic E-state index is -0.626. The highest BCUT2D eigenvalue weighted by Gasteiger charge is 2.10. The van der Waals surface area contributed by atoms with Crippen molar-refractivity contribution in [1.82, 2.24) is 9.78 Å². The molecule has 62 valence electrons. The molecule has 0 spiro atoms. The molecule has 0 aliphatic heterocycles. The standard InChI is InChI=1S/C6H10BrN3O/c1-10-4(5(11)3-8)2-6(7)9-10/h2,5,11H,3,8H2,1H3. The molecule has 4 nitrogen and oxygen atoms in total. The molecular weight excluding hydrogens is 210 g/mol. The summed E-state index contributed by atoms with van der Waals surface area (Å²) < 4.78 is 2.31. The summed E-state index contributed by atoms with van der Waals surface area (Å²) in [5.74, 6) is 0. The van der Waals surface area contributed by atoms with Crippen LogP contribution >= 0.6 is 15.9 Å². The van der Waals surface area contributed by atoms with Gasteiger partial charge >= 0.3 is 0 Å². The zero-order valence-corrected chi connectivity index (χ0v) is 7.74. The molecule has 1 aromatic rings. The van der Waals surface area contributed by atoms with Crippen LogP contribution in [0.4, 0.5) is 0 Å². The van der Waals surface area contributed by atoms with Crippen LogP contribution in [0.15, 0.2) is 10.7 Å². The number of halogens is 1. The maximum absolute atomic E-state index is 9.32. The summed E-state index contributed by atoms with van der Waals surface area (Å²) in [6, 6.07) is 1.75. The number of rotatable bonds is 2. The number of aliphatic hydroxyl groups excluding tert-OH is 1. The number of nitrogens with zero attached hydrogens (tertiary/aromatic N) is 2. The van der Waals surface area contributed by atoms with Crippen molar-refractivity contribution in [3.8, 4) is 0 Å². The quantitative estimate of drug-likeness (QED) is 0.746. The van der Waals surface area contributed by atoms with Crippen LogP contribution in [0, 0.1) is 0 Å². The second kappa shape index (κ2) is 3.34. The Bertz CT molecular complexity index is 248. The van der Waals surface area contributed by atoms with Crippen molar-refractivity contribution >= 4 is 15.9 Å². The molecule has 0 aliphatic carbocycles. The molecule has 0 bridgehead atoms. The van der Waals surface area contributed by atoms with Crippen molar-refractivity contribution in [2.45, 2.75) is 6.10 Å². The Labute approximate surface area is 73.1 Å². The first kappa shape index (κ1) is 8.70. The van der Waals surface area contributed by atoms with Gasteiger partial charge in [-0.3, -0.25) is 4.68 Å². The van der Waals surface area contributed by atoms with Gasteiger partial charge in [-0.1, -0.05) is 0 Å². The monoisotopic (exact) mass is 219 g/mol. The van der Waals surface area contributed by atoms with Gasteiger partial charge in [-0.25, -0.2) is 0 Å². The normalized spacial score (nSPS) is 13.5. The summed E-state index contributed by atoms with van der Waals surface area (Å²) in [5.41, 5.74) is 6.00. The van der Waals surface area contributed by atoms with E-state index in [2.05, 4.69) is 21.0 Å². The molecule has 1 unspecified atom stereocenters. The third-order valence-electron chi connectivity index (χ3n) is 1.45. The number of nitrogens with two attached hydrogens (primary N) is 1. The molecule has 1 rings (SSSR count). The van der Waals surface area contributed by atoms with E-state index in [4.69, 9.17) is 5.73 Å². The van der Waals surface area contributed by atoms with Gasteiger partial charge in [0.15, 0.2) is 0 Å². The van der Waals surface area contributed by atoms with Gasteiger partial charge in [0.1, 0.15) is 10.7 Å². The van der Waals surface area contributed by atoms with Crippen molar-refractivity contribution in [3.05, 3.63) is 16.4 Å². The molecule has 0 aromatic carbocycles. The lowest BCUT2D eigenvalue weighted by Crippen LogP contribution is -2.14. The van der Waals surface area contributed by atoms with E-state index in [0.717, 1.165) is 5.69 Å². The Hall–Kier alpha value is -0.390. The molecule has 0 radical (unpaired) electrons. The van der Waals surface area contributed by atoms with Crippen molar-refractivity contribution in [2.75, 3.05) is 6.54 Å². The van der Waals surface area contributed by atoms with Crippen molar-refractivity contribution in [1.29, 1.82) is 0 Å². The Morgan fingerprint density at radius 3 is 2.91 bits per heavy atom. The molecule has 0 amide bonds. The first-order valence-electron chi connectivity index (χ1n) is 3.22. The fourth-order valence-electron chi connectivity index (χ4n) is 0.878. The van der Waals surface area contributed by atoms with Gasteiger partial charge in [0.05, 0.1) is 5.69 Å². The SMILES string of the molecule is Cn1nc(Br)cc1C(O)CN. The number of hydrogen-bond donors (Lipinski definition) is 2. The van der Waals surface area contributed by atoms with E-state index in [1.54, 1.807) is 17.8 Å². The lowest BCUT2D eigenvalue weighted by Gasteiger charge is -2.06. The topological polar surface area (TPSA) is 64.1 Å². The van der Waals surface area contributed by atoms with Gasteiger partial charge in [0.25, 0.3) is 0 Å². The molecule has 0 aliphatic rings. The largest absolute Gasteiger partial charge is 0.385 e. The van der Waals surface area contributed by atoms with E-state index in [9.17, 15) is 5.11 Å². The number of aromatic nitrogens is 2. The van der Waals surface area contributed by atoms with Crippen LogP contribution in [0.25, 0.3) is 0 Å². The summed E-state index contributed by atoms with van der Waals surface area (Å²) >= 11 is 3.20. The van der Waals surface area contributed by atoms with Gasteiger partial charge in [0.2, 0.25) is 0 Å². The van der Waals surface area contributed by atoms with Gasteiger partial charge < -0.3 is 10.8 Å². The second-order valence-electron chi connectivity index (χ2n) is 2.27. The van der Waals surface area contributed by atoms with Crippen molar-refractivity contribution < 1.29 is 5.11 Å². The smallest absolute Gasteiger partial charge is 0.128 e. The molecule has 1 atom stereocenters. The average molecular weight is 220 g/mol. The first-order valence-corrected chi connectivity index (χ1v) is 4.02. The summed E-state index contributed by atoms with van der Waals surface area (Å²) in [6.45, 7) is 0.214. The van der Waals surface area contributed by atoms with Gasteiger partial charge in [0, 0.05) is 13.6 Å². The average Bonchev–Trinajstić information content (AvgIpc) is 2.28. The zero-order valence-electron chi connectivity index (χ0n) is 6.16. The molecule has 1 heterocycles. The molecule has 5 heteroatoms. The van der Waals surface area contributed by atoms with E-state index in [1.165, 1.54) is 0 Å². The van der Waals surface area contributed by atoms with Crippen LogP contribution in [-0.4, -0.2) is 21.4 Å². The second-order valence-corrected chi connectivity index (χ2v) is 3.08. The van der Waals surface area contributed by atoms with Crippen LogP contribution in [0.3, 0.4) is 0 Å². The predicted molar refractivity (Wildman–Crippen MR) is 44.9 cm³/mol. The Kier molecular flexibility index (Phi) is 2.64. The number of aryl methyl sites for hydroxylation is 1. The van der Waals surface area contributed by atoms with Crippen LogP contribution < -0.4 is 5.73 Å². The molecule has 3 N–H and O–H groups in total. The molecule has 0 saturated heterocycles. The molecule has 0 fully saturated rings. The third-order valence-corrected chi connectivity index (χ3v) is 1.84. The maximum atomic E-state index is 9.32. The van der Waals surface area contributed by atoms with Crippen LogP contribution in [0.5, 0.6) is 0 Å². The van der Waals surface area contributed by atoms with E-state index in [-0.39, 0.29) is 6.54 Å². The van der Waals surface area contributed by atoms with E-state index >= 15 is 0 Å². The molecule has 1 aromatic heterocycles. The number of hydrogen-bond acceptors (Lipinski definition) is 3. The van der Waals surface area contributed by atoms with E-state index in [1.807, 2.05) is 0 Å². The highest BCUT2D eigenvalue weighted by Crippen LogP contribution is 2.15. The molecular formula is C6H10BrN3O. The van der Waals surface area contributed by atoms with Gasteiger partial charge in [-0.2, -0.15) is 5.10 Å². The highest BCUT2D eigenvalue weighted by atomic mass is 79.9. The summed E-state index contributed by atoms with van der Waals surface area (Å²) in [4.78, 5) is 0. The fraction of sp³-hybridized carbons (Fsp3) is 0.500. The van der Waals surface area contributed by atoms with E-state index < -0.39 is 6.10 Å². The lowest BCUT2D eigenvalue weighted by molar-refractivity contribution is 0.177. The maximum Gasteiger partial charge on any atom is 0.128 e. The van der Waals surface area contributed by atoms with Crippen LogP contribution in [-0.2, 0) is 7.05 Å². The number of aliphatic hydroxyl groups is 1. The Morgan fingerprint density at radius 2 is 2.55 bits per heavy atom. The highest BCUT2D eigenvalue weighted by molar-refractivity contribution is 9.10. The van der Waals surface area contributed by atoms with Crippen LogP contribution in [0.1, 0.15) is 11.8 Å². The Morgan fingerprint density at radius 1 is 1.91 bits per heavy atom. The lowest BCUT2D eigenvalue weighted by atomic mass is 10.2. The van der Waals surface area contributed by atoms with Crippen molar-refractivity contribution in [2.24, 2.45) is 12.8 Å². The molecule has 0 saturated carbocycles. The molecule has 11 heavy (non-hydrogen) atoms. The minimum absolute atomic E-state index is 0.214. The first-order chi connectivity index (χ1) is 5.15. The van der Waals surface area contributed by atoms with Crippen LogP contribution in [0.2, 0.25) is 0 Å². The summed E-state index contributed by atoms with van der Waals surface area (Å²) in [6.07, 6.45) is -0.626. The third kappa shape index (κ3) is 1.79. The van der Waals surface area contributed by atoms with Crippen molar-refractivity contribution in [3.63, 3.8) is 0 Å². The zero-order chi connectivity index (χ0) is 8.43. The van der Waals surface area contributed by atoms with Gasteiger partial charge in [-0.15, -0.1) is 0 Å².